The normalized spacial score (nSPS) is 13.0. The molecule has 0 saturated carbocycles. The van der Waals surface area contributed by atoms with Crippen LogP contribution in [0.4, 0.5) is 17.3 Å². The molecule has 13 rings (SSSR count). The third kappa shape index (κ3) is 5.25. The van der Waals surface area contributed by atoms with E-state index in [9.17, 15) is 0 Å². The Hall–Kier alpha value is -8.28. The fraction of sp³-hybridized carbons (Fsp3) is 0.0508. The Morgan fingerprint density at radius 1 is 0.422 bits per heavy atom. The average molecular weight is 820 g/mol. The molecule has 9 aromatic carbocycles. The van der Waals surface area contributed by atoms with Crippen molar-refractivity contribution in [3.63, 3.8) is 0 Å². The van der Waals surface area contributed by atoms with Crippen molar-refractivity contribution in [3.05, 3.63) is 223 Å². The first-order valence-electron chi connectivity index (χ1n) is 22.0. The van der Waals surface area contributed by atoms with E-state index in [1.807, 2.05) is 0 Å². The monoisotopic (exact) mass is 819 g/mol. The highest BCUT2D eigenvalue weighted by atomic mass is 15.3. The van der Waals surface area contributed by atoms with Crippen molar-refractivity contribution in [1.82, 2.24) is 19.1 Å². The molecule has 1 aliphatic carbocycles. The lowest BCUT2D eigenvalue weighted by atomic mass is 9.82. The van der Waals surface area contributed by atoms with Crippen LogP contribution in [0, 0.1) is 0 Å². The molecule has 0 amide bonds. The molecule has 3 aromatic heterocycles. The summed E-state index contributed by atoms with van der Waals surface area (Å²) < 4.78 is 4.84. The summed E-state index contributed by atoms with van der Waals surface area (Å²) in [5.74, 6) is 1.42. The molecule has 0 fully saturated rings. The first-order chi connectivity index (χ1) is 31.5. The lowest BCUT2D eigenvalue weighted by Gasteiger charge is -2.28. The number of anilines is 3. The topological polar surface area (TPSA) is 38.9 Å². The van der Waals surface area contributed by atoms with Gasteiger partial charge in [0.2, 0.25) is 5.95 Å². The van der Waals surface area contributed by atoms with Gasteiger partial charge < -0.3 is 4.57 Å². The molecule has 0 spiro atoms. The molecule has 5 nitrogen and oxygen atoms in total. The van der Waals surface area contributed by atoms with E-state index in [0.717, 1.165) is 61.4 Å². The Morgan fingerprint density at radius 3 is 1.72 bits per heavy atom. The van der Waals surface area contributed by atoms with E-state index in [2.05, 4.69) is 240 Å². The SMILES string of the molecule is CC1(C)c2ccccc2-c2c(N(c3ccc(-c4ccccc4)cc3)c3nc(-n4c5ccccc5c5ccc6c7ccccc7n(-c7ccccc7)c6c54)c4ccccc4n3)cccc21. The van der Waals surface area contributed by atoms with Crippen molar-refractivity contribution in [3.8, 4) is 33.8 Å². The van der Waals surface area contributed by atoms with E-state index >= 15 is 0 Å². The maximum atomic E-state index is 5.83. The minimum Gasteiger partial charge on any atom is -0.307 e. The second kappa shape index (κ2) is 13.9. The van der Waals surface area contributed by atoms with Gasteiger partial charge in [-0.1, -0.05) is 172 Å². The van der Waals surface area contributed by atoms with Crippen LogP contribution in [0.3, 0.4) is 0 Å². The van der Waals surface area contributed by atoms with Crippen molar-refractivity contribution in [2.75, 3.05) is 4.90 Å². The molecule has 0 radical (unpaired) electrons. The fourth-order valence-electron chi connectivity index (χ4n) is 10.6. The van der Waals surface area contributed by atoms with Crippen LogP contribution in [0.25, 0.3) is 88.3 Å². The zero-order valence-electron chi connectivity index (χ0n) is 35.4. The molecule has 64 heavy (non-hydrogen) atoms. The van der Waals surface area contributed by atoms with Crippen LogP contribution in [0.2, 0.25) is 0 Å². The molecule has 0 aliphatic heterocycles. The Morgan fingerprint density at radius 2 is 0.984 bits per heavy atom. The molecule has 0 N–H and O–H groups in total. The summed E-state index contributed by atoms with van der Waals surface area (Å²) in [6.07, 6.45) is 0. The van der Waals surface area contributed by atoms with E-state index in [4.69, 9.17) is 9.97 Å². The van der Waals surface area contributed by atoms with E-state index < -0.39 is 0 Å². The van der Waals surface area contributed by atoms with Crippen LogP contribution in [-0.4, -0.2) is 19.1 Å². The lowest BCUT2D eigenvalue weighted by Crippen LogP contribution is -2.18. The summed E-state index contributed by atoms with van der Waals surface area (Å²) in [4.78, 5) is 13.6. The second-order valence-electron chi connectivity index (χ2n) is 17.4. The Kier molecular flexibility index (Phi) is 7.88. The predicted octanol–water partition coefficient (Wildman–Crippen LogP) is 15.3. The highest BCUT2D eigenvalue weighted by Gasteiger charge is 2.38. The number of benzene rings is 9. The van der Waals surface area contributed by atoms with Gasteiger partial charge in [-0.25, -0.2) is 4.98 Å². The van der Waals surface area contributed by atoms with Crippen LogP contribution in [0.15, 0.2) is 212 Å². The maximum absolute atomic E-state index is 5.83. The number of hydrogen-bond donors (Lipinski definition) is 0. The van der Waals surface area contributed by atoms with Crippen molar-refractivity contribution in [2.24, 2.45) is 0 Å². The molecule has 0 unspecified atom stereocenters. The maximum Gasteiger partial charge on any atom is 0.237 e. The zero-order valence-corrected chi connectivity index (χ0v) is 35.4. The van der Waals surface area contributed by atoms with Crippen LogP contribution in [-0.2, 0) is 5.41 Å². The zero-order chi connectivity index (χ0) is 42.5. The number of rotatable bonds is 6. The lowest BCUT2D eigenvalue weighted by molar-refractivity contribution is 0.660. The van der Waals surface area contributed by atoms with Gasteiger partial charge in [-0.05, 0) is 82.4 Å². The van der Waals surface area contributed by atoms with E-state index in [0.29, 0.717) is 5.95 Å². The Balaban J connectivity index is 1.15. The molecule has 302 valence electrons. The molecular weight excluding hydrogens is 779 g/mol. The van der Waals surface area contributed by atoms with Crippen molar-refractivity contribution in [2.45, 2.75) is 19.3 Å². The summed E-state index contributed by atoms with van der Waals surface area (Å²) in [6, 6.07) is 76.3. The van der Waals surface area contributed by atoms with Gasteiger partial charge in [0.25, 0.3) is 0 Å². The molecule has 0 saturated heterocycles. The highest BCUT2D eigenvalue weighted by Crippen LogP contribution is 2.54. The minimum atomic E-state index is -0.189. The summed E-state index contributed by atoms with van der Waals surface area (Å²) in [5, 5.41) is 5.70. The quantitative estimate of drug-likeness (QED) is 0.168. The van der Waals surface area contributed by atoms with Gasteiger partial charge in [-0.3, -0.25) is 9.47 Å². The third-order valence-corrected chi connectivity index (χ3v) is 13.5. The first-order valence-corrected chi connectivity index (χ1v) is 22.0. The molecule has 12 aromatic rings. The van der Waals surface area contributed by atoms with Gasteiger partial charge >= 0.3 is 0 Å². The average Bonchev–Trinajstić information content (AvgIpc) is 3.95. The Labute approximate surface area is 370 Å². The van der Waals surface area contributed by atoms with Gasteiger partial charge in [0, 0.05) is 49.3 Å². The van der Waals surface area contributed by atoms with Crippen molar-refractivity contribution < 1.29 is 0 Å². The number of aromatic nitrogens is 4. The Bertz CT molecular complexity index is 3800. The third-order valence-electron chi connectivity index (χ3n) is 13.5. The minimum absolute atomic E-state index is 0.189. The first kappa shape index (κ1) is 36.4. The van der Waals surface area contributed by atoms with E-state index in [1.54, 1.807) is 0 Å². The number of hydrogen-bond acceptors (Lipinski definition) is 3. The number of nitrogens with zero attached hydrogens (tertiary/aromatic N) is 5. The van der Waals surface area contributed by atoms with Crippen LogP contribution < -0.4 is 4.90 Å². The number of fused-ring (bicyclic) bond motifs is 11. The molecule has 3 heterocycles. The molecule has 0 atom stereocenters. The van der Waals surface area contributed by atoms with Gasteiger partial charge in [0.1, 0.15) is 0 Å². The molecule has 1 aliphatic rings. The van der Waals surface area contributed by atoms with Gasteiger partial charge in [0.05, 0.1) is 33.3 Å². The highest BCUT2D eigenvalue weighted by molar-refractivity contribution is 6.24. The molecular formula is C59H41N5. The smallest absolute Gasteiger partial charge is 0.237 e. The summed E-state index contributed by atoms with van der Waals surface area (Å²) in [5.41, 5.74) is 15.7. The predicted molar refractivity (Wildman–Crippen MR) is 266 cm³/mol. The summed E-state index contributed by atoms with van der Waals surface area (Å²) in [6.45, 7) is 4.67. The van der Waals surface area contributed by atoms with Crippen LogP contribution in [0.5, 0.6) is 0 Å². The largest absolute Gasteiger partial charge is 0.307 e. The van der Waals surface area contributed by atoms with Gasteiger partial charge in [0.15, 0.2) is 5.82 Å². The van der Waals surface area contributed by atoms with Gasteiger partial charge in [-0.2, -0.15) is 4.98 Å². The van der Waals surface area contributed by atoms with Crippen LogP contribution in [0.1, 0.15) is 25.0 Å². The van der Waals surface area contributed by atoms with Gasteiger partial charge in [-0.15, -0.1) is 0 Å². The van der Waals surface area contributed by atoms with Crippen LogP contribution >= 0.6 is 0 Å². The summed E-state index contributed by atoms with van der Waals surface area (Å²) in [7, 11) is 0. The fourth-order valence-corrected chi connectivity index (χ4v) is 10.6. The molecule has 0 bridgehead atoms. The number of para-hydroxylation sites is 4. The standard InChI is InChI=1S/C59H41N5/c1-59(2)48-26-13-9-24-46(48)54-49(59)27-17-31-53(54)63(41-34-32-39(33-35-41)38-18-5-3-6-19-38)58-60-50-28-14-10-25-47(50)57(61-58)64-52-30-16-12-23-43(52)45-37-36-44-42-22-11-15-29-51(42)62(55(44)56(45)64)40-20-7-4-8-21-40/h3-37H,1-2H3. The van der Waals surface area contributed by atoms with E-state index in [-0.39, 0.29) is 5.41 Å². The van der Waals surface area contributed by atoms with Crippen molar-refractivity contribution in [1.29, 1.82) is 0 Å². The summed E-state index contributed by atoms with van der Waals surface area (Å²) >= 11 is 0. The molecule has 5 heteroatoms. The van der Waals surface area contributed by atoms with E-state index in [1.165, 1.54) is 49.4 Å². The second-order valence-corrected chi connectivity index (χ2v) is 17.4. The van der Waals surface area contributed by atoms with Crippen molar-refractivity contribution >= 4 is 71.8 Å².